The van der Waals surface area contributed by atoms with Gasteiger partial charge in [0.2, 0.25) is 5.91 Å². The highest BCUT2D eigenvalue weighted by Crippen LogP contribution is 2.23. The van der Waals surface area contributed by atoms with Gasteiger partial charge in [-0.3, -0.25) is 9.59 Å². The molecular formula is C14H18N2O2. The summed E-state index contributed by atoms with van der Waals surface area (Å²) >= 11 is 0. The second-order valence-electron chi connectivity index (χ2n) is 4.96. The van der Waals surface area contributed by atoms with E-state index in [0.717, 1.165) is 0 Å². The number of rotatable bonds is 2. The third-order valence-electron chi connectivity index (χ3n) is 3.29. The Morgan fingerprint density at radius 2 is 1.89 bits per heavy atom. The maximum atomic E-state index is 12.4. The first-order chi connectivity index (χ1) is 8.52. The predicted octanol–water partition coefficient (Wildman–Crippen LogP) is 1.58. The van der Waals surface area contributed by atoms with Gasteiger partial charge in [0, 0.05) is 12.6 Å². The molecule has 0 saturated carbocycles. The zero-order valence-electron chi connectivity index (χ0n) is 11.0. The number of nitrogens with zero attached hydrogens (tertiary/aromatic N) is 2. The molecule has 2 amide bonds. The lowest BCUT2D eigenvalue weighted by atomic mass is 10.1. The molecule has 0 bridgehead atoms. The number of benzene rings is 1. The van der Waals surface area contributed by atoms with Crippen LogP contribution in [0.4, 0.5) is 0 Å². The molecule has 0 N–H and O–H groups in total. The number of amides is 2. The first-order valence-corrected chi connectivity index (χ1v) is 6.14. The first kappa shape index (κ1) is 12.6. The van der Waals surface area contributed by atoms with Gasteiger partial charge in [-0.2, -0.15) is 0 Å². The summed E-state index contributed by atoms with van der Waals surface area (Å²) in [5.74, 6) is 0.138. The van der Waals surface area contributed by atoms with Crippen molar-refractivity contribution in [3.05, 3.63) is 35.9 Å². The van der Waals surface area contributed by atoms with Crippen molar-refractivity contribution in [2.24, 2.45) is 5.92 Å². The number of carbonyl (C=O) groups excluding carboxylic acids is 2. The zero-order valence-corrected chi connectivity index (χ0v) is 11.0. The van der Waals surface area contributed by atoms with Gasteiger partial charge >= 0.3 is 0 Å². The third-order valence-corrected chi connectivity index (χ3v) is 3.29. The lowest BCUT2D eigenvalue weighted by Gasteiger charge is -2.30. The molecule has 2 rings (SSSR count). The monoisotopic (exact) mass is 246 g/mol. The Labute approximate surface area is 107 Å². The van der Waals surface area contributed by atoms with Crippen LogP contribution in [0.1, 0.15) is 24.2 Å². The fourth-order valence-electron chi connectivity index (χ4n) is 2.45. The van der Waals surface area contributed by atoms with Crippen LogP contribution in [0.15, 0.2) is 30.3 Å². The molecule has 4 nitrogen and oxygen atoms in total. The molecule has 4 heteroatoms. The van der Waals surface area contributed by atoms with Crippen LogP contribution < -0.4 is 0 Å². The van der Waals surface area contributed by atoms with Crippen LogP contribution in [0, 0.1) is 5.92 Å². The van der Waals surface area contributed by atoms with Crippen molar-refractivity contribution >= 4 is 11.8 Å². The Morgan fingerprint density at radius 1 is 1.28 bits per heavy atom. The summed E-state index contributed by atoms with van der Waals surface area (Å²) in [5.41, 5.74) is 0.631. The lowest BCUT2D eigenvalue weighted by Crippen LogP contribution is -2.44. The minimum atomic E-state index is -0.148. The Hall–Kier alpha value is -1.84. The molecule has 1 fully saturated rings. The topological polar surface area (TPSA) is 40.6 Å². The van der Waals surface area contributed by atoms with E-state index < -0.39 is 0 Å². The van der Waals surface area contributed by atoms with E-state index in [9.17, 15) is 9.59 Å². The highest BCUT2D eigenvalue weighted by Gasteiger charge is 2.40. The van der Waals surface area contributed by atoms with Crippen LogP contribution in [-0.4, -0.2) is 41.4 Å². The molecule has 0 aromatic heterocycles. The normalized spacial score (nSPS) is 19.8. The number of hydrogen-bond acceptors (Lipinski definition) is 2. The van der Waals surface area contributed by atoms with E-state index >= 15 is 0 Å². The van der Waals surface area contributed by atoms with Gasteiger partial charge in [0.15, 0.2) is 0 Å². The van der Waals surface area contributed by atoms with Crippen molar-refractivity contribution < 1.29 is 9.59 Å². The van der Waals surface area contributed by atoms with Gasteiger partial charge in [0.1, 0.15) is 12.7 Å². The van der Waals surface area contributed by atoms with E-state index in [1.807, 2.05) is 32.0 Å². The van der Waals surface area contributed by atoms with E-state index in [1.165, 1.54) is 0 Å². The van der Waals surface area contributed by atoms with Crippen molar-refractivity contribution in [3.63, 3.8) is 0 Å². The van der Waals surface area contributed by atoms with Crippen LogP contribution in [0.5, 0.6) is 0 Å². The number of hydrogen-bond donors (Lipinski definition) is 0. The number of carbonyl (C=O) groups is 2. The maximum Gasteiger partial charge on any atom is 0.255 e. The van der Waals surface area contributed by atoms with Gasteiger partial charge in [-0.1, -0.05) is 32.0 Å². The van der Waals surface area contributed by atoms with Crippen LogP contribution in [-0.2, 0) is 4.79 Å². The van der Waals surface area contributed by atoms with Gasteiger partial charge in [-0.25, -0.2) is 0 Å². The fourth-order valence-corrected chi connectivity index (χ4v) is 2.45. The lowest BCUT2D eigenvalue weighted by molar-refractivity contribution is -0.127. The molecule has 1 heterocycles. The Morgan fingerprint density at radius 3 is 2.44 bits per heavy atom. The minimum absolute atomic E-state index is 0.00187. The Balaban J connectivity index is 2.27. The first-order valence-electron chi connectivity index (χ1n) is 6.14. The Bertz CT molecular complexity index is 456. The summed E-state index contributed by atoms with van der Waals surface area (Å²) in [4.78, 5) is 27.5. The van der Waals surface area contributed by atoms with Crippen LogP contribution in [0.25, 0.3) is 0 Å². The van der Waals surface area contributed by atoms with Crippen molar-refractivity contribution in [2.45, 2.75) is 20.0 Å². The molecule has 96 valence electrons. The molecule has 18 heavy (non-hydrogen) atoms. The average molecular weight is 246 g/mol. The SMILES string of the molecule is CC(C)C1N(C)C(=O)CN1C(=O)c1ccccc1. The average Bonchev–Trinajstić information content (AvgIpc) is 2.66. The summed E-state index contributed by atoms with van der Waals surface area (Å²) in [7, 11) is 1.76. The summed E-state index contributed by atoms with van der Waals surface area (Å²) in [5, 5.41) is 0. The fraction of sp³-hybridized carbons (Fsp3) is 0.429. The highest BCUT2D eigenvalue weighted by molar-refractivity contribution is 5.98. The highest BCUT2D eigenvalue weighted by atomic mass is 16.2. The second-order valence-corrected chi connectivity index (χ2v) is 4.96. The molecule has 1 unspecified atom stereocenters. The van der Waals surface area contributed by atoms with Gasteiger partial charge in [0.25, 0.3) is 5.91 Å². The van der Waals surface area contributed by atoms with E-state index in [0.29, 0.717) is 5.56 Å². The quantitative estimate of drug-likeness (QED) is 0.795. The number of likely N-dealkylation sites (N-methyl/N-ethyl adjacent to an activating group) is 1. The molecule has 1 aromatic carbocycles. The van der Waals surface area contributed by atoms with Crippen molar-refractivity contribution in [1.82, 2.24) is 9.80 Å². The van der Waals surface area contributed by atoms with Gasteiger partial charge < -0.3 is 9.80 Å². The van der Waals surface area contributed by atoms with Gasteiger partial charge in [-0.15, -0.1) is 0 Å². The molecule has 1 aromatic rings. The Kier molecular flexibility index (Phi) is 3.36. The summed E-state index contributed by atoms with van der Waals surface area (Å²) < 4.78 is 0. The van der Waals surface area contributed by atoms with Crippen LogP contribution >= 0.6 is 0 Å². The zero-order chi connectivity index (χ0) is 13.3. The molecule has 1 saturated heterocycles. The summed E-state index contributed by atoms with van der Waals surface area (Å²) in [6, 6.07) is 9.10. The van der Waals surface area contributed by atoms with Crippen LogP contribution in [0.3, 0.4) is 0 Å². The second kappa shape index (κ2) is 4.80. The molecule has 1 aliphatic heterocycles. The minimum Gasteiger partial charge on any atom is -0.323 e. The van der Waals surface area contributed by atoms with Crippen molar-refractivity contribution in [2.75, 3.05) is 13.6 Å². The van der Waals surface area contributed by atoms with E-state index in [1.54, 1.807) is 29.0 Å². The predicted molar refractivity (Wildman–Crippen MR) is 68.9 cm³/mol. The van der Waals surface area contributed by atoms with Crippen molar-refractivity contribution in [1.29, 1.82) is 0 Å². The molecule has 0 radical (unpaired) electrons. The van der Waals surface area contributed by atoms with Crippen molar-refractivity contribution in [3.8, 4) is 0 Å². The standard InChI is InChI=1S/C14H18N2O2/c1-10(2)13-15(3)12(17)9-16(13)14(18)11-7-5-4-6-8-11/h4-8,10,13H,9H2,1-3H3. The summed E-state index contributed by atoms with van der Waals surface area (Å²) in [6.45, 7) is 4.21. The molecule has 0 aliphatic carbocycles. The van der Waals surface area contributed by atoms with E-state index in [4.69, 9.17) is 0 Å². The van der Waals surface area contributed by atoms with Gasteiger partial charge in [0.05, 0.1) is 0 Å². The smallest absolute Gasteiger partial charge is 0.255 e. The largest absolute Gasteiger partial charge is 0.323 e. The van der Waals surface area contributed by atoms with E-state index in [2.05, 4.69) is 0 Å². The van der Waals surface area contributed by atoms with E-state index in [-0.39, 0.29) is 30.4 Å². The molecule has 1 aliphatic rings. The maximum absolute atomic E-state index is 12.4. The van der Waals surface area contributed by atoms with Crippen LogP contribution in [0.2, 0.25) is 0 Å². The summed E-state index contributed by atoms with van der Waals surface area (Å²) in [6.07, 6.45) is -0.148. The third kappa shape index (κ3) is 2.10. The molecule has 0 spiro atoms. The van der Waals surface area contributed by atoms with Gasteiger partial charge in [-0.05, 0) is 18.1 Å². The molecule has 1 atom stereocenters. The molecular weight excluding hydrogens is 228 g/mol.